The number of nitrogens with one attached hydrogen (secondary N) is 1. The first-order valence-corrected chi connectivity index (χ1v) is 9.53. The summed E-state index contributed by atoms with van der Waals surface area (Å²) in [4.78, 5) is 36.0. The average molecular weight is 383 g/mol. The molecule has 0 saturated heterocycles. The zero-order valence-corrected chi connectivity index (χ0v) is 17.5. The van der Waals surface area contributed by atoms with Crippen LogP contribution in [-0.2, 0) is 23.9 Å². The minimum absolute atomic E-state index is 0.0151. The van der Waals surface area contributed by atoms with Crippen LogP contribution in [0.4, 0.5) is 0 Å². The molecule has 0 atom stereocenters. The van der Waals surface area contributed by atoms with E-state index in [1.807, 2.05) is 41.5 Å². The van der Waals surface area contributed by atoms with Gasteiger partial charge in [-0.1, -0.05) is 0 Å². The highest BCUT2D eigenvalue weighted by atomic mass is 16.5. The summed E-state index contributed by atoms with van der Waals surface area (Å²) in [5.74, 6) is -0.558. The maximum Gasteiger partial charge on any atom is 0.253 e. The van der Waals surface area contributed by atoms with Crippen LogP contribution in [0.25, 0.3) is 0 Å². The molecule has 0 spiro atoms. The number of amides is 3. The minimum atomic E-state index is -0.462. The van der Waals surface area contributed by atoms with Gasteiger partial charge < -0.3 is 14.8 Å². The molecular formula is C20H34N2O5. The first-order chi connectivity index (χ1) is 12.4. The van der Waals surface area contributed by atoms with Crippen LogP contribution in [0.2, 0.25) is 0 Å². The van der Waals surface area contributed by atoms with E-state index in [0.29, 0.717) is 39.0 Å². The molecule has 1 N–H and O–H groups in total. The van der Waals surface area contributed by atoms with Gasteiger partial charge in [-0.3, -0.25) is 19.3 Å². The molecule has 3 amide bonds. The van der Waals surface area contributed by atoms with Crippen molar-refractivity contribution in [3.05, 3.63) is 12.2 Å². The first kappa shape index (κ1) is 23.3. The maximum absolute atomic E-state index is 11.6. The summed E-state index contributed by atoms with van der Waals surface area (Å²) in [6, 6.07) is 0.128. The van der Waals surface area contributed by atoms with Gasteiger partial charge in [-0.2, -0.15) is 0 Å². The zero-order chi connectivity index (χ0) is 20.7. The predicted octanol–water partition coefficient (Wildman–Crippen LogP) is 2.20. The van der Waals surface area contributed by atoms with Crippen molar-refractivity contribution in [2.75, 3.05) is 19.8 Å². The number of nitrogens with zero attached hydrogens (tertiary/aromatic N) is 1. The number of carbonyl (C=O) groups is 3. The van der Waals surface area contributed by atoms with Crippen LogP contribution in [0, 0.1) is 0 Å². The summed E-state index contributed by atoms with van der Waals surface area (Å²) in [5.41, 5.74) is -0.866. The van der Waals surface area contributed by atoms with Gasteiger partial charge in [-0.25, -0.2) is 0 Å². The number of carbonyl (C=O) groups excluding carboxylic acids is 3. The van der Waals surface area contributed by atoms with Crippen LogP contribution in [0.3, 0.4) is 0 Å². The lowest BCUT2D eigenvalue weighted by molar-refractivity contribution is -0.137. The van der Waals surface area contributed by atoms with Crippen LogP contribution in [-0.4, -0.2) is 59.6 Å². The third-order valence-corrected chi connectivity index (χ3v) is 4.31. The molecule has 1 aliphatic heterocycles. The molecule has 0 saturated carbocycles. The maximum atomic E-state index is 11.6. The van der Waals surface area contributed by atoms with Gasteiger partial charge >= 0.3 is 0 Å². The molecule has 7 nitrogen and oxygen atoms in total. The van der Waals surface area contributed by atoms with Gasteiger partial charge in [-0.05, 0) is 54.4 Å². The van der Waals surface area contributed by atoms with E-state index in [9.17, 15) is 14.4 Å². The Morgan fingerprint density at radius 2 is 1.52 bits per heavy atom. The van der Waals surface area contributed by atoms with E-state index >= 15 is 0 Å². The van der Waals surface area contributed by atoms with Crippen molar-refractivity contribution in [3.63, 3.8) is 0 Å². The van der Waals surface area contributed by atoms with E-state index in [-0.39, 0.29) is 23.8 Å². The first-order valence-electron chi connectivity index (χ1n) is 9.53. The second kappa shape index (κ2) is 9.99. The number of rotatable bonds is 12. The largest absolute Gasteiger partial charge is 0.375 e. The molecule has 0 bridgehead atoms. The number of ether oxygens (including phenoxy) is 2. The third kappa shape index (κ3) is 9.15. The van der Waals surface area contributed by atoms with Gasteiger partial charge in [-0.15, -0.1) is 0 Å². The standard InChI is InChI=1S/C20H34N2O5/c1-15(2)21-16(23)9-13-26-20(5,6)11-14-27-19(3,4)10-12-22-17(24)7-8-18(22)25/h7-8,15H,9-14H2,1-6H3,(H,21,23). The fourth-order valence-corrected chi connectivity index (χ4v) is 2.56. The van der Waals surface area contributed by atoms with Crippen LogP contribution >= 0.6 is 0 Å². The summed E-state index contributed by atoms with van der Waals surface area (Å²) in [6.45, 7) is 12.8. The van der Waals surface area contributed by atoms with Crippen LogP contribution in [0.5, 0.6) is 0 Å². The average Bonchev–Trinajstić information content (AvgIpc) is 2.82. The van der Waals surface area contributed by atoms with E-state index in [0.717, 1.165) is 0 Å². The lowest BCUT2D eigenvalue weighted by Gasteiger charge is -2.30. The Labute approximate surface area is 162 Å². The third-order valence-electron chi connectivity index (χ3n) is 4.31. The monoisotopic (exact) mass is 382 g/mol. The van der Waals surface area contributed by atoms with E-state index in [4.69, 9.17) is 9.47 Å². The molecule has 1 rings (SSSR count). The van der Waals surface area contributed by atoms with Gasteiger partial charge in [0.1, 0.15) is 0 Å². The van der Waals surface area contributed by atoms with Crippen LogP contribution in [0.15, 0.2) is 12.2 Å². The zero-order valence-electron chi connectivity index (χ0n) is 17.5. The quantitative estimate of drug-likeness (QED) is 0.523. The van der Waals surface area contributed by atoms with Gasteiger partial charge in [0.15, 0.2) is 0 Å². The summed E-state index contributed by atoms with van der Waals surface area (Å²) in [6.07, 6.45) is 4.14. The molecule has 0 aromatic carbocycles. The topological polar surface area (TPSA) is 84.9 Å². The van der Waals surface area contributed by atoms with Gasteiger partial charge in [0.25, 0.3) is 11.8 Å². The van der Waals surface area contributed by atoms with Crippen LogP contribution < -0.4 is 5.32 Å². The summed E-state index contributed by atoms with van der Waals surface area (Å²) < 4.78 is 11.8. The highest BCUT2D eigenvalue weighted by Gasteiger charge is 2.28. The van der Waals surface area contributed by atoms with E-state index in [2.05, 4.69) is 5.32 Å². The minimum Gasteiger partial charge on any atom is -0.375 e. The van der Waals surface area contributed by atoms with Crippen molar-refractivity contribution < 1.29 is 23.9 Å². The Morgan fingerprint density at radius 3 is 2.07 bits per heavy atom. The smallest absolute Gasteiger partial charge is 0.253 e. The van der Waals surface area contributed by atoms with Crippen molar-refractivity contribution in [1.29, 1.82) is 0 Å². The van der Waals surface area contributed by atoms with Crippen LogP contribution in [0.1, 0.15) is 60.8 Å². The SMILES string of the molecule is CC(C)NC(=O)CCOC(C)(C)CCOC(C)(C)CCN1C(=O)C=CC1=O. The molecule has 0 unspecified atom stereocenters. The van der Waals surface area contributed by atoms with E-state index in [1.165, 1.54) is 17.1 Å². The molecule has 154 valence electrons. The molecule has 0 radical (unpaired) electrons. The van der Waals surface area contributed by atoms with Crippen molar-refractivity contribution in [1.82, 2.24) is 10.2 Å². The Balaban J connectivity index is 2.27. The summed E-state index contributed by atoms with van der Waals surface area (Å²) >= 11 is 0. The second-order valence-corrected chi connectivity index (χ2v) is 8.35. The van der Waals surface area contributed by atoms with Crippen molar-refractivity contribution in [2.24, 2.45) is 0 Å². The number of imide groups is 1. The molecule has 0 aromatic heterocycles. The van der Waals surface area contributed by atoms with E-state index in [1.54, 1.807) is 0 Å². The molecule has 0 aromatic rings. The number of hydrogen-bond acceptors (Lipinski definition) is 5. The highest BCUT2D eigenvalue weighted by Crippen LogP contribution is 2.20. The summed E-state index contributed by atoms with van der Waals surface area (Å²) in [5, 5.41) is 2.84. The van der Waals surface area contributed by atoms with Gasteiger partial charge in [0.2, 0.25) is 5.91 Å². The molecular weight excluding hydrogens is 348 g/mol. The normalized spacial score (nSPS) is 15.1. The Bertz CT molecular complexity index is 549. The lowest BCUT2D eigenvalue weighted by Crippen LogP contribution is -2.37. The van der Waals surface area contributed by atoms with Crippen molar-refractivity contribution in [2.45, 2.75) is 78.0 Å². The molecule has 27 heavy (non-hydrogen) atoms. The Kier molecular flexibility index (Phi) is 8.62. The van der Waals surface area contributed by atoms with Crippen molar-refractivity contribution >= 4 is 17.7 Å². The molecule has 0 aliphatic carbocycles. The van der Waals surface area contributed by atoms with Gasteiger partial charge in [0.05, 0.1) is 24.4 Å². The molecule has 1 heterocycles. The number of hydrogen-bond donors (Lipinski definition) is 1. The van der Waals surface area contributed by atoms with Crippen molar-refractivity contribution in [3.8, 4) is 0 Å². The molecule has 1 aliphatic rings. The predicted molar refractivity (Wildman–Crippen MR) is 103 cm³/mol. The highest BCUT2D eigenvalue weighted by molar-refractivity contribution is 6.12. The fraction of sp³-hybridized carbons (Fsp3) is 0.750. The summed E-state index contributed by atoms with van der Waals surface area (Å²) in [7, 11) is 0. The molecule has 0 fully saturated rings. The van der Waals surface area contributed by atoms with E-state index < -0.39 is 11.2 Å². The Hall–Kier alpha value is -1.73. The molecule has 7 heteroatoms. The van der Waals surface area contributed by atoms with Gasteiger partial charge in [0, 0.05) is 31.2 Å². The second-order valence-electron chi connectivity index (χ2n) is 8.35. The lowest BCUT2D eigenvalue weighted by atomic mass is 10.0. The Morgan fingerprint density at radius 1 is 1.00 bits per heavy atom. The fourth-order valence-electron chi connectivity index (χ4n) is 2.56.